The van der Waals surface area contributed by atoms with Gasteiger partial charge >= 0.3 is 0 Å². The minimum Gasteiger partial charge on any atom is -0.352 e. The van der Waals surface area contributed by atoms with Crippen LogP contribution in [0.5, 0.6) is 0 Å². The molecule has 0 radical (unpaired) electrons. The van der Waals surface area contributed by atoms with Gasteiger partial charge in [0.1, 0.15) is 11.6 Å². The molecule has 2 rings (SSSR count). The lowest BCUT2D eigenvalue weighted by Crippen LogP contribution is -2.27. The molecule has 1 N–H and O–H groups in total. The average molecular weight is 289 g/mol. The van der Waals surface area contributed by atoms with E-state index in [1.165, 1.54) is 12.1 Å². The summed E-state index contributed by atoms with van der Waals surface area (Å²) in [4.78, 5) is 16.2. The largest absolute Gasteiger partial charge is 0.352 e. The third kappa shape index (κ3) is 3.48. The third-order valence-electron chi connectivity index (χ3n) is 3.44. The van der Waals surface area contributed by atoms with Gasteiger partial charge in [-0.2, -0.15) is 0 Å². The molecule has 4 nitrogen and oxygen atoms in total. The monoisotopic (exact) mass is 289 g/mol. The maximum atomic E-state index is 13.2. The molecule has 0 aliphatic rings. The molecule has 0 spiro atoms. The van der Waals surface area contributed by atoms with Crippen molar-refractivity contribution < 1.29 is 9.18 Å². The number of halogens is 1. The molecule has 0 aliphatic carbocycles. The molecule has 1 amide bonds. The van der Waals surface area contributed by atoms with E-state index in [1.54, 1.807) is 13.0 Å². The van der Waals surface area contributed by atoms with Crippen molar-refractivity contribution in [2.45, 2.75) is 26.7 Å². The van der Waals surface area contributed by atoms with Crippen LogP contribution in [0.2, 0.25) is 0 Å². The van der Waals surface area contributed by atoms with Gasteiger partial charge in [-0.3, -0.25) is 4.79 Å². The van der Waals surface area contributed by atoms with Gasteiger partial charge in [0.05, 0.1) is 11.0 Å². The van der Waals surface area contributed by atoms with Gasteiger partial charge in [0.15, 0.2) is 0 Å². The first-order valence-corrected chi connectivity index (χ1v) is 7.08. The summed E-state index contributed by atoms with van der Waals surface area (Å²) < 4.78 is 15.1. The van der Waals surface area contributed by atoms with Crippen LogP contribution in [0.3, 0.4) is 0 Å². The first-order valence-electron chi connectivity index (χ1n) is 7.08. The fourth-order valence-electron chi connectivity index (χ4n) is 2.27. The van der Waals surface area contributed by atoms with Crippen LogP contribution in [0.1, 0.15) is 26.1 Å². The number of allylic oxidation sites excluding steroid dienone is 1. The van der Waals surface area contributed by atoms with Crippen molar-refractivity contribution in [3.05, 3.63) is 41.5 Å². The second kappa shape index (κ2) is 6.52. The van der Waals surface area contributed by atoms with Gasteiger partial charge in [0, 0.05) is 31.7 Å². The number of aromatic nitrogens is 2. The van der Waals surface area contributed by atoms with E-state index in [2.05, 4.69) is 10.3 Å². The molecule has 0 saturated carbocycles. The Morgan fingerprint density at radius 3 is 2.95 bits per heavy atom. The lowest BCUT2D eigenvalue weighted by molar-refractivity contribution is -0.117. The number of aryl methyl sites for hydroxylation is 1. The highest BCUT2D eigenvalue weighted by atomic mass is 19.1. The molecular weight excluding hydrogens is 269 g/mol. The number of hydrogen-bond donors (Lipinski definition) is 1. The van der Waals surface area contributed by atoms with Crippen molar-refractivity contribution in [1.29, 1.82) is 0 Å². The van der Waals surface area contributed by atoms with Gasteiger partial charge in [-0.1, -0.05) is 13.0 Å². The molecule has 1 heterocycles. The molecule has 0 atom stereocenters. The van der Waals surface area contributed by atoms with Crippen LogP contribution in [0.15, 0.2) is 29.8 Å². The summed E-state index contributed by atoms with van der Waals surface area (Å²) in [5.41, 5.74) is 2.25. The average Bonchev–Trinajstić information content (AvgIpc) is 2.75. The Kier molecular flexibility index (Phi) is 4.73. The number of carbonyl (C=O) groups excluding carboxylic acids is 1. The molecule has 2 aromatic rings. The number of nitrogens with zero attached hydrogens (tertiary/aromatic N) is 2. The van der Waals surface area contributed by atoms with Crippen LogP contribution in [0.4, 0.5) is 4.39 Å². The number of nitrogens with one attached hydrogen (secondary N) is 1. The Hall–Kier alpha value is -2.17. The van der Waals surface area contributed by atoms with E-state index in [-0.39, 0.29) is 11.7 Å². The van der Waals surface area contributed by atoms with E-state index in [0.29, 0.717) is 18.5 Å². The highest BCUT2D eigenvalue weighted by molar-refractivity contribution is 5.92. The van der Waals surface area contributed by atoms with Crippen molar-refractivity contribution in [3.8, 4) is 0 Å². The minimum absolute atomic E-state index is 0.0540. The molecule has 1 aromatic heterocycles. The summed E-state index contributed by atoms with van der Waals surface area (Å²) in [6, 6.07) is 4.56. The molecule has 112 valence electrons. The fraction of sp³-hybridized carbons (Fsp3) is 0.375. The molecule has 0 saturated heterocycles. The van der Waals surface area contributed by atoms with E-state index < -0.39 is 0 Å². The van der Waals surface area contributed by atoms with Crippen molar-refractivity contribution in [2.24, 2.45) is 7.05 Å². The van der Waals surface area contributed by atoms with E-state index in [1.807, 2.05) is 24.6 Å². The Bertz CT molecular complexity index is 688. The Labute approximate surface area is 123 Å². The quantitative estimate of drug-likeness (QED) is 0.860. The number of imidazole rings is 1. The Balaban J connectivity index is 2.02. The van der Waals surface area contributed by atoms with Crippen LogP contribution in [-0.2, 0) is 18.3 Å². The summed E-state index contributed by atoms with van der Waals surface area (Å²) in [5, 5.41) is 2.86. The summed E-state index contributed by atoms with van der Waals surface area (Å²) >= 11 is 0. The van der Waals surface area contributed by atoms with Crippen molar-refractivity contribution >= 4 is 16.9 Å². The second-order valence-electron chi connectivity index (χ2n) is 5.02. The molecule has 0 unspecified atom stereocenters. The summed E-state index contributed by atoms with van der Waals surface area (Å²) in [6.45, 7) is 4.30. The summed E-state index contributed by atoms with van der Waals surface area (Å²) in [6.07, 6.45) is 3.35. The predicted octanol–water partition coefficient (Wildman–Crippen LogP) is 2.73. The van der Waals surface area contributed by atoms with Gasteiger partial charge in [0.2, 0.25) is 5.91 Å². The summed E-state index contributed by atoms with van der Waals surface area (Å²) in [7, 11) is 1.90. The van der Waals surface area contributed by atoms with E-state index in [9.17, 15) is 9.18 Å². The van der Waals surface area contributed by atoms with Crippen molar-refractivity contribution in [1.82, 2.24) is 14.9 Å². The Morgan fingerprint density at radius 1 is 1.48 bits per heavy atom. The normalized spacial score (nSPS) is 11.9. The zero-order valence-corrected chi connectivity index (χ0v) is 12.6. The van der Waals surface area contributed by atoms with Crippen molar-refractivity contribution in [2.75, 3.05) is 6.54 Å². The minimum atomic E-state index is -0.291. The lowest BCUT2D eigenvalue weighted by atomic mass is 10.2. The number of carbonyl (C=O) groups is 1. The maximum absolute atomic E-state index is 13.2. The molecule has 0 bridgehead atoms. The van der Waals surface area contributed by atoms with Crippen LogP contribution in [0.25, 0.3) is 11.0 Å². The number of rotatable bonds is 5. The van der Waals surface area contributed by atoms with Crippen LogP contribution >= 0.6 is 0 Å². The summed E-state index contributed by atoms with van der Waals surface area (Å²) in [5.74, 6) is 0.482. The van der Waals surface area contributed by atoms with Crippen LogP contribution in [0, 0.1) is 5.82 Å². The van der Waals surface area contributed by atoms with Crippen LogP contribution < -0.4 is 5.32 Å². The highest BCUT2D eigenvalue weighted by Gasteiger charge is 2.09. The first-order chi connectivity index (χ1) is 10.0. The molecule has 1 aromatic carbocycles. The highest BCUT2D eigenvalue weighted by Crippen LogP contribution is 2.16. The Morgan fingerprint density at radius 2 is 2.24 bits per heavy atom. The van der Waals surface area contributed by atoms with Gasteiger partial charge in [-0.25, -0.2) is 9.37 Å². The van der Waals surface area contributed by atoms with Gasteiger partial charge in [-0.05, 0) is 25.5 Å². The van der Waals surface area contributed by atoms with Gasteiger partial charge in [0.25, 0.3) is 0 Å². The third-order valence-corrected chi connectivity index (χ3v) is 3.44. The fourth-order valence-corrected chi connectivity index (χ4v) is 2.27. The SMILES string of the molecule is CCC=C(C)C(=O)NCCc1nc2cc(F)ccc2n1C. The number of benzene rings is 1. The molecule has 0 fully saturated rings. The van der Waals surface area contributed by atoms with Crippen molar-refractivity contribution in [3.63, 3.8) is 0 Å². The lowest BCUT2D eigenvalue weighted by Gasteiger charge is -2.05. The number of fused-ring (bicyclic) bond motifs is 1. The zero-order chi connectivity index (χ0) is 15.4. The number of hydrogen-bond acceptors (Lipinski definition) is 2. The van der Waals surface area contributed by atoms with E-state index in [4.69, 9.17) is 0 Å². The molecule has 21 heavy (non-hydrogen) atoms. The molecular formula is C16H20FN3O. The maximum Gasteiger partial charge on any atom is 0.246 e. The smallest absolute Gasteiger partial charge is 0.246 e. The predicted molar refractivity (Wildman–Crippen MR) is 81.4 cm³/mol. The van der Waals surface area contributed by atoms with Crippen LogP contribution in [-0.4, -0.2) is 22.0 Å². The molecule has 5 heteroatoms. The second-order valence-corrected chi connectivity index (χ2v) is 5.02. The van der Waals surface area contributed by atoms with E-state index in [0.717, 1.165) is 23.3 Å². The van der Waals surface area contributed by atoms with E-state index >= 15 is 0 Å². The number of amides is 1. The zero-order valence-electron chi connectivity index (χ0n) is 12.6. The molecule has 0 aliphatic heterocycles. The van der Waals surface area contributed by atoms with Gasteiger partial charge < -0.3 is 9.88 Å². The van der Waals surface area contributed by atoms with Gasteiger partial charge in [-0.15, -0.1) is 0 Å². The topological polar surface area (TPSA) is 46.9 Å². The standard InChI is InChI=1S/C16H20FN3O/c1-4-5-11(2)16(21)18-9-8-15-19-13-10-12(17)6-7-14(13)20(15)3/h5-7,10H,4,8-9H2,1-3H3,(H,18,21). The first kappa shape index (κ1) is 15.2.